The van der Waals surface area contributed by atoms with Gasteiger partial charge in [0.15, 0.2) is 11.5 Å². The number of benzene rings is 1. The van der Waals surface area contributed by atoms with E-state index >= 15 is 0 Å². The molecule has 126 valence electrons. The number of nitro groups is 1. The van der Waals surface area contributed by atoms with Crippen molar-refractivity contribution in [2.75, 3.05) is 32.3 Å². The number of carbonyl (C=O) groups is 2. The topological polar surface area (TPSA) is 128 Å². The molecule has 1 aromatic carbocycles. The second-order valence-corrected chi connectivity index (χ2v) is 5.29. The van der Waals surface area contributed by atoms with E-state index in [1.165, 1.54) is 20.3 Å². The van der Waals surface area contributed by atoms with Crippen molar-refractivity contribution in [3.05, 3.63) is 27.8 Å². The highest BCUT2D eigenvalue weighted by atomic mass is 32.2. The Morgan fingerprint density at radius 2 is 1.91 bits per heavy atom. The molecule has 0 aliphatic carbocycles. The maximum atomic E-state index is 12.1. The zero-order chi connectivity index (χ0) is 17.4. The van der Waals surface area contributed by atoms with Crippen molar-refractivity contribution in [2.45, 2.75) is 0 Å². The lowest BCUT2D eigenvalue weighted by molar-refractivity contribution is -0.385. The average Bonchev–Trinajstić information content (AvgIpc) is 2.52. The van der Waals surface area contributed by atoms with Gasteiger partial charge in [0, 0.05) is 18.4 Å². The molecule has 0 saturated carbocycles. The van der Waals surface area contributed by atoms with E-state index in [4.69, 9.17) is 14.6 Å². The van der Waals surface area contributed by atoms with Gasteiger partial charge in [0.1, 0.15) is 5.56 Å². The van der Waals surface area contributed by atoms with Crippen LogP contribution in [-0.2, 0) is 4.79 Å². The number of ether oxygens (including phenoxy) is 2. The summed E-state index contributed by atoms with van der Waals surface area (Å²) >= 11 is 1.13. The Balaban J connectivity index is 2.86. The molecule has 1 rings (SSSR count). The quantitative estimate of drug-likeness (QED) is 0.388. The monoisotopic (exact) mass is 344 g/mol. The smallest absolute Gasteiger partial charge is 0.313 e. The van der Waals surface area contributed by atoms with E-state index in [1.54, 1.807) is 0 Å². The van der Waals surface area contributed by atoms with Crippen molar-refractivity contribution in [1.82, 2.24) is 5.32 Å². The van der Waals surface area contributed by atoms with Gasteiger partial charge in [0.25, 0.3) is 11.6 Å². The minimum atomic E-state index is -0.947. The number of nitro benzene ring substituents is 1. The Bertz CT molecular complexity index is 606. The zero-order valence-corrected chi connectivity index (χ0v) is 13.3. The molecular formula is C13H16N2O7S. The largest absolute Gasteiger partial charge is 0.493 e. The SMILES string of the molecule is COc1cc(C(=O)NCCSCC(=O)O)c([N+](=O)[O-])cc1OC. The lowest BCUT2D eigenvalue weighted by Crippen LogP contribution is -2.26. The summed E-state index contributed by atoms with van der Waals surface area (Å²) in [6.45, 7) is 0.183. The van der Waals surface area contributed by atoms with Gasteiger partial charge in [-0.1, -0.05) is 0 Å². The minimum absolute atomic E-state index is 0.0770. The van der Waals surface area contributed by atoms with Crippen LogP contribution in [0.5, 0.6) is 11.5 Å². The number of nitrogens with zero attached hydrogens (tertiary/aromatic N) is 1. The normalized spacial score (nSPS) is 10.0. The molecule has 0 spiro atoms. The third-order valence-electron chi connectivity index (χ3n) is 2.70. The molecule has 10 heteroatoms. The van der Waals surface area contributed by atoms with Gasteiger partial charge in [-0.25, -0.2) is 0 Å². The van der Waals surface area contributed by atoms with Gasteiger partial charge in [-0.05, 0) is 0 Å². The first-order valence-corrected chi connectivity index (χ1v) is 7.54. The van der Waals surface area contributed by atoms with Crippen LogP contribution in [0.2, 0.25) is 0 Å². The molecule has 0 aliphatic rings. The Labute approximate surface area is 136 Å². The van der Waals surface area contributed by atoms with Crippen molar-refractivity contribution >= 4 is 29.3 Å². The van der Waals surface area contributed by atoms with Crippen LogP contribution in [-0.4, -0.2) is 54.2 Å². The van der Waals surface area contributed by atoms with Crippen molar-refractivity contribution < 1.29 is 29.1 Å². The maximum Gasteiger partial charge on any atom is 0.313 e. The standard InChI is InChI=1S/C13H16N2O7S/c1-21-10-5-8(9(15(19)20)6-11(10)22-2)13(18)14-3-4-23-7-12(16)17/h5-6H,3-4,7H2,1-2H3,(H,14,18)(H,16,17). The first-order valence-electron chi connectivity index (χ1n) is 6.38. The molecule has 0 fully saturated rings. The number of nitrogens with one attached hydrogen (secondary N) is 1. The van der Waals surface area contributed by atoms with E-state index in [0.717, 1.165) is 17.8 Å². The molecule has 23 heavy (non-hydrogen) atoms. The van der Waals surface area contributed by atoms with E-state index in [2.05, 4.69) is 5.32 Å². The first-order chi connectivity index (χ1) is 10.9. The number of aliphatic carboxylic acids is 1. The highest BCUT2D eigenvalue weighted by Gasteiger charge is 2.24. The molecule has 0 bridgehead atoms. The number of carbonyl (C=O) groups excluding carboxylic acids is 1. The minimum Gasteiger partial charge on any atom is -0.493 e. The summed E-state index contributed by atoms with van der Waals surface area (Å²) in [5, 5.41) is 22.1. The number of thioether (sulfide) groups is 1. The highest BCUT2D eigenvalue weighted by molar-refractivity contribution is 7.99. The van der Waals surface area contributed by atoms with Crippen LogP contribution in [0, 0.1) is 10.1 Å². The molecule has 9 nitrogen and oxygen atoms in total. The summed E-state index contributed by atoms with van der Waals surface area (Å²) in [7, 11) is 2.69. The molecular weight excluding hydrogens is 328 g/mol. The van der Waals surface area contributed by atoms with Crippen LogP contribution in [0.25, 0.3) is 0 Å². The lowest BCUT2D eigenvalue weighted by atomic mass is 10.1. The van der Waals surface area contributed by atoms with Crippen LogP contribution in [0.4, 0.5) is 5.69 Å². The molecule has 0 aliphatic heterocycles. The molecule has 0 unspecified atom stereocenters. The fraction of sp³-hybridized carbons (Fsp3) is 0.385. The zero-order valence-electron chi connectivity index (χ0n) is 12.5. The van der Waals surface area contributed by atoms with Crippen LogP contribution in [0.1, 0.15) is 10.4 Å². The molecule has 0 atom stereocenters. The van der Waals surface area contributed by atoms with Gasteiger partial charge in [-0.15, -0.1) is 11.8 Å². The molecule has 0 aromatic heterocycles. The fourth-order valence-corrected chi connectivity index (χ4v) is 2.26. The number of rotatable bonds is 9. The van der Waals surface area contributed by atoms with Crippen molar-refractivity contribution in [2.24, 2.45) is 0 Å². The lowest BCUT2D eigenvalue weighted by Gasteiger charge is -2.10. The summed E-state index contributed by atoms with van der Waals surface area (Å²) in [5.74, 6) is -0.951. The van der Waals surface area contributed by atoms with Crippen molar-refractivity contribution in [3.8, 4) is 11.5 Å². The molecule has 0 heterocycles. The average molecular weight is 344 g/mol. The molecule has 2 N–H and O–H groups in total. The second-order valence-electron chi connectivity index (χ2n) is 4.18. The molecule has 1 amide bonds. The molecule has 1 aromatic rings. The van der Waals surface area contributed by atoms with Crippen molar-refractivity contribution in [1.29, 1.82) is 0 Å². The van der Waals surface area contributed by atoms with Crippen LogP contribution >= 0.6 is 11.8 Å². The molecule has 0 saturated heterocycles. The predicted molar refractivity (Wildman–Crippen MR) is 83.5 cm³/mol. The Morgan fingerprint density at radius 3 is 2.43 bits per heavy atom. The van der Waals surface area contributed by atoms with E-state index in [1.807, 2.05) is 0 Å². The predicted octanol–water partition coefficient (Wildman–Crippen LogP) is 1.16. The second kappa shape index (κ2) is 8.83. The fourth-order valence-electron chi connectivity index (χ4n) is 1.69. The number of carboxylic acids is 1. The van der Waals surface area contributed by atoms with E-state index in [9.17, 15) is 19.7 Å². The molecule has 0 radical (unpaired) electrons. The number of carboxylic acid groups (broad SMARTS) is 1. The first kappa shape index (κ1) is 18.6. The Kier molecular flexibility index (Phi) is 7.13. The number of hydrogen-bond donors (Lipinski definition) is 2. The Morgan fingerprint density at radius 1 is 1.30 bits per heavy atom. The van der Waals surface area contributed by atoms with E-state index in [0.29, 0.717) is 5.75 Å². The summed E-state index contributed by atoms with van der Waals surface area (Å²) in [6.07, 6.45) is 0. The highest BCUT2D eigenvalue weighted by Crippen LogP contribution is 2.34. The summed E-state index contributed by atoms with van der Waals surface area (Å²) in [4.78, 5) is 32.9. The third-order valence-corrected chi connectivity index (χ3v) is 3.64. The van der Waals surface area contributed by atoms with Gasteiger partial charge >= 0.3 is 5.97 Å². The number of hydrogen-bond acceptors (Lipinski definition) is 7. The van der Waals surface area contributed by atoms with Crippen LogP contribution < -0.4 is 14.8 Å². The summed E-state index contributed by atoms with van der Waals surface area (Å²) < 4.78 is 10.0. The van der Waals surface area contributed by atoms with Gasteiger partial charge in [0.2, 0.25) is 0 Å². The van der Waals surface area contributed by atoms with E-state index < -0.39 is 22.5 Å². The number of amides is 1. The van der Waals surface area contributed by atoms with Gasteiger partial charge < -0.3 is 19.9 Å². The van der Waals surface area contributed by atoms with Gasteiger partial charge in [-0.3, -0.25) is 19.7 Å². The number of methoxy groups -OCH3 is 2. The van der Waals surface area contributed by atoms with Crippen LogP contribution in [0.3, 0.4) is 0 Å². The van der Waals surface area contributed by atoms with E-state index in [-0.39, 0.29) is 29.4 Å². The van der Waals surface area contributed by atoms with Gasteiger partial charge in [0.05, 0.1) is 31.0 Å². The maximum absolute atomic E-state index is 12.1. The third kappa shape index (κ3) is 5.33. The van der Waals surface area contributed by atoms with Crippen LogP contribution in [0.15, 0.2) is 12.1 Å². The summed E-state index contributed by atoms with van der Waals surface area (Å²) in [5.41, 5.74) is -0.561. The summed E-state index contributed by atoms with van der Waals surface area (Å²) in [6, 6.07) is 2.35. The van der Waals surface area contributed by atoms with Gasteiger partial charge in [-0.2, -0.15) is 0 Å². The van der Waals surface area contributed by atoms with Crippen molar-refractivity contribution in [3.63, 3.8) is 0 Å². The Hall–Kier alpha value is -2.49.